The molecule has 0 saturated carbocycles. The van der Waals surface area contributed by atoms with Gasteiger partial charge in [-0.05, 0) is 56.1 Å². The molecule has 4 nitrogen and oxygen atoms in total. The molecule has 0 bridgehead atoms. The molecule has 0 aliphatic carbocycles. The molecule has 5 heteroatoms. The van der Waals surface area contributed by atoms with E-state index in [0.29, 0.717) is 11.7 Å². The molecule has 108 valence electrons. The first-order valence-electron chi connectivity index (χ1n) is 6.90. The van der Waals surface area contributed by atoms with Gasteiger partial charge < -0.3 is 16.0 Å². The fourth-order valence-corrected chi connectivity index (χ4v) is 2.73. The van der Waals surface area contributed by atoms with E-state index in [1.165, 1.54) is 5.56 Å². The Morgan fingerprint density at radius 3 is 2.90 bits per heavy atom. The lowest BCUT2D eigenvalue weighted by Gasteiger charge is -2.33. The Bertz CT molecular complexity index is 530. The van der Waals surface area contributed by atoms with Gasteiger partial charge in [0.2, 0.25) is 5.91 Å². The van der Waals surface area contributed by atoms with Gasteiger partial charge in [0.05, 0.1) is 5.92 Å². The molecule has 0 aromatic heterocycles. The molecule has 0 radical (unpaired) electrons. The molecule has 1 amide bonds. The van der Waals surface area contributed by atoms with Crippen LogP contribution in [0.5, 0.6) is 0 Å². The molecule has 1 atom stereocenters. The number of piperidine rings is 1. The van der Waals surface area contributed by atoms with Crippen LogP contribution in [0.4, 0.5) is 5.69 Å². The van der Waals surface area contributed by atoms with Gasteiger partial charge in [0, 0.05) is 18.8 Å². The molecule has 1 unspecified atom stereocenters. The summed E-state index contributed by atoms with van der Waals surface area (Å²) >= 11 is 5.46. The van der Waals surface area contributed by atoms with Gasteiger partial charge in [-0.3, -0.25) is 4.79 Å². The molecule has 1 heterocycles. The number of aryl methyl sites for hydroxylation is 2. The molecule has 1 aliphatic heterocycles. The van der Waals surface area contributed by atoms with Gasteiger partial charge in [-0.25, -0.2) is 0 Å². The van der Waals surface area contributed by atoms with E-state index >= 15 is 0 Å². The molecule has 0 spiro atoms. The van der Waals surface area contributed by atoms with Crippen LogP contribution in [0, 0.1) is 19.8 Å². The maximum Gasteiger partial charge on any atom is 0.222 e. The highest BCUT2D eigenvalue weighted by molar-refractivity contribution is 7.80. The van der Waals surface area contributed by atoms with E-state index in [1.807, 2.05) is 11.8 Å². The van der Waals surface area contributed by atoms with Crippen molar-refractivity contribution in [3.63, 3.8) is 0 Å². The van der Waals surface area contributed by atoms with E-state index in [4.69, 9.17) is 18.0 Å². The standard InChI is InChI=1S/C15H21N3OS/c1-10-5-6-11(2)13(8-10)17-15(20)18-7-3-4-12(9-18)14(16)19/h5-6,8,12H,3-4,7,9H2,1-2H3,(H2,16,19)(H,17,20). The minimum atomic E-state index is -0.232. The van der Waals surface area contributed by atoms with Crippen molar-refractivity contribution in [3.8, 4) is 0 Å². The van der Waals surface area contributed by atoms with Gasteiger partial charge in [-0.15, -0.1) is 0 Å². The van der Waals surface area contributed by atoms with Crippen molar-refractivity contribution in [3.05, 3.63) is 29.3 Å². The molecule has 1 saturated heterocycles. The predicted molar refractivity (Wildman–Crippen MR) is 85.6 cm³/mol. The van der Waals surface area contributed by atoms with Crippen LogP contribution < -0.4 is 11.1 Å². The van der Waals surface area contributed by atoms with Crippen LogP contribution in [0.3, 0.4) is 0 Å². The monoisotopic (exact) mass is 291 g/mol. The van der Waals surface area contributed by atoms with Crippen molar-refractivity contribution in [2.45, 2.75) is 26.7 Å². The number of carbonyl (C=O) groups is 1. The molecular formula is C15H21N3OS. The minimum absolute atomic E-state index is 0.0953. The molecule has 1 fully saturated rings. The highest BCUT2D eigenvalue weighted by atomic mass is 32.1. The summed E-state index contributed by atoms with van der Waals surface area (Å²) in [5.41, 5.74) is 8.76. The number of nitrogens with zero attached hydrogens (tertiary/aromatic N) is 1. The maximum atomic E-state index is 11.3. The SMILES string of the molecule is Cc1ccc(C)c(NC(=S)N2CCCC(C(N)=O)C2)c1. The second kappa shape index (κ2) is 6.22. The van der Waals surface area contributed by atoms with Gasteiger partial charge in [0.1, 0.15) is 0 Å². The van der Waals surface area contributed by atoms with E-state index in [1.54, 1.807) is 0 Å². The van der Waals surface area contributed by atoms with Crippen LogP contribution in [0.1, 0.15) is 24.0 Å². The first-order chi connectivity index (χ1) is 9.47. The topological polar surface area (TPSA) is 58.4 Å². The molecule has 2 rings (SSSR count). The Labute approximate surface area is 125 Å². The summed E-state index contributed by atoms with van der Waals surface area (Å²) in [6.07, 6.45) is 1.81. The predicted octanol–water partition coefficient (Wildman–Crippen LogP) is 2.20. The number of nitrogens with two attached hydrogens (primary N) is 1. The van der Waals surface area contributed by atoms with Crippen molar-refractivity contribution in [2.75, 3.05) is 18.4 Å². The number of thiocarbonyl (C=S) groups is 1. The van der Waals surface area contributed by atoms with Crippen LogP contribution in [0.15, 0.2) is 18.2 Å². The number of primary amides is 1. The van der Waals surface area contributed by atoms with E-state index in [-0.39, 0.29) is 11.8 Å². The third kappa shape index (κ3) is 3.48. The van der Waals surface area contributed by atoms with E-state index in [9.17, 15) is 4.79 Å². The number of amides is 1. The second-order valence-corrected chi connectivity index (χ2v) is 5.82. The summed E-state index contributed by atoms with van der Waals surface area (Å²) in [5, 5.41) is 3.96. The average molecular weight is 291 g/mol. The molecule has 1 aliphatic rings. The van der Waals surface area contributed by atoms with Gasteiger partial charge in [-0.1, -0.05) is 12.1 Å². The summed E-state index contributed by atoms with van der Waals surface area (Å²) in [4.78, 5) is 13.3. The largest absolute Gasteiger partial charge is 0.369 e. The molecule has 20 heavy (non-hydrogen) atoms. The lowest BCUT2D eigenvalue weighted by molar-refractivity contribution is -0.122. The van der Waals surface area contributed by atoms with E-state index in [2.05, 4.69) is 30.4 Å². The first-order valence-corrected chi connectivity index (χ1v) is 7.30. The highest BCUT2D eigenvalue weighted by Crippen LogP contribution is 2.20. The van der Waals surface area contributed by atoms with E-state index in [0.717, 1.165) is 30.6 Å². The van der Waals surface area contributed by atoms with Crippen molar-refractivity contribution >= 4 is 28.9 Å². The Hall–Kier alpha value is -1.62. The van der Waals surface area contributed by atoms with E-state index < -0.39 is 0 Å². The van der Waals surface area contributed by atoms with Gasteiger partial charge >= 0.3 is 0 Å². The van der Waals surface area contributed by atoms with Gasteiger partial charge in [0.25, 0.3) is 0 Å². The van der Waals surface area contributed by atoms with Crippen molar-refractivity contribution < 1.29 is 4.79 Å². The third-order valence-electron chi connectivity index (χ3n) is 3.75. The van der Waals surface area contributed by atoms with Crippen LogP contribution >= 0.6 is 12.2 Å². The minimum Gasteiger partial charge on any atom is -0.369 e. The zero-order valence-electron chi connectivity index (χ0n) is 12.0. The summed E-state index contributed by atoms with van der Waals surface area (Å²) in [7, 11) is 0. The van der Waals surface area contributed by atoms with Crippen LogP contribution in [0.25, 0.3) is 0 Å². The third-order valence-corrected chi connectivity index (χ3v) is 4.11. The maximum absolute atomic E-state index is 11.3. The van der Waals surface area contributed by atoms with Crippen LogP contribution in [0.2, 0.25) is 0 Å². The number of hydrogen-bond donors (Lipinski definition) is 2. The lowest BCUT2D eigenvalue weighted by Crippen LogP contribution is -2.45. The molecule has 1 aromatic carbocycles. The van der Waals surface area contributed by atoms with Crippen LogP contribution in [-0.4, -0.2) is 29.0 Å². The summed E-state index contributed by atoms with van der Waals surface area (Å²) in [6.45, 7) is 5.59. The Morgan fingerprint density at radius 2 is 2.20 bits per heavy atom. The number of carbonyl (C=O) groups excluding carboxylic acids is 1. The van der Waals surface area contributed by atoms with Gasteiger partial charge in [0.15, 0.2) is 5.11 Å². The summed E-state index contributed by atoms with van der Waals surface area (Å²) < 4.78 is 0. The second-order valence-electron chi connectivity index (χ2n) is 5.44. The van der Waals surface area contributed by atoms with Crippen molar-refractivity contribution in [1.29, 1.82) is 0 Å². The van der Waals surface area contributed by atoms with Gasteiger partial charge in [-0.2, -0.15) is 0 Å². The Kier molecular flexibility index (Phi) is 4.60. The molecule has 3 N–H and O–H groups in total. The smallest absolute Gasteiger partial charge is 0.222 e. The normalized spacial score (nSPS) is 18.7. The highest BCUT2D eigenvalue weighted by Gasteiger charge is 2.25. The average Bonchev–Trinajstić information content (AvgIpc) is 2.43. The zero-order chi connectivity index (χ0) is 14.7. The number of rotatable bonds is 2. The number of nitrogens with one attached hydrogen (secondary N) is 1. The summed E-state index contributed by atoms with van der Waals surface area (Å²) in [6, 6.07) is 6.23. The number of hydrogen-bond acceptors (Lipinski definition) is 2. The molecule has 1 aromatic rings. The number of anilines is 1. The quantitative estimate of drug-likeness (QED) is 0.820. The van der Waals surface area contributed by atoms with Crippen molar-refractivity contribution in [2.24, 2.45) is 11.7 Å². The zero-order valence-corrected chi connectivity index (χ0v) is 12.8. The number of benzene rings is 1. The summed E-state index contributed by atoms with van der Waals surface area (Å²) in [5.74, 6) is -0.327. The fraction of sp³-hybridized carbons (Fsp3) is 0.467. The van der Waals surface area contributed by atoms with Crippen LogP contribution in [-0.2, 0) is 4.79 Å². The first kappa shape index (κ1) is 14.8. The fourth-order valence-electron chi connectivity index (χ4n) is 2.46. The van der Waals surface area contributed by atoms with Crippen molar-refractivity contribution in [1.82, 2.24) is 4.90 Å². The Balaban J connectivity index is 2.04. The molecular weight excluding hydrogens is 270 g/mol. The Morgan fingerprint density at radius 1 is 1.45 bits per heavy atom. The lowest BCUT2D eigenvalue weighted by atomic mass is 9.98. The number of likely N-dealkylation sites (tertiary alicyclic amines) is 1.